The Hall–Kier alpha value is -0.460. The van der Waals surface area contributed by atoms with Crippen LogP contribution in [0.4, 0.5) is 0 Å². The topological polar surface area (TPSA) is 9.23 Å². The molecule has 54 valence electrons. The number of hydrogen-bond donors (Lipinski definition) is 0. The van der Waals surface area contributed by atoms with Crippen LogP contribution in [0.25, 0.3) is 0 Å². The smallest absolute Gasteiger partial charge is 0.0914 e. The molecule has 0 saturated carbocycles. The summed E-state index contributed by atoms with van der Waals surface area (Å²) in [4.78, 5) is 0. The summed E-state index contributed by atoms with van der Waals surface area (Å²) in [6.45, 7) is 10.2. The lowest BCUT2D eigenvalue weighted by Crippen LogP contribution is -2.07. The minimum absolute atomic E-state index is 0.468. The SMILES string of the molecule is C=C(OC)C(C)C(C)C. The van der Waals surface area contributed by atoms with Crippen molar-refractivity contribution in [3.05, 3.63) is 12.3 Å². The number of rotatable bonds is 3. The van der Waals surface area contributed by atoms with Gasteiger partial charge in [0.15, 0.2) is 0 Å². The Kier molecular flexibility index (Phi) is 3.36. The van der Waals surface area contributed by atoms with E-state index in [0.29, 0.717) is 11.8 Å². The molecule has 0 aromatic rings. The zero-order chi connectivity index (χ0) is 7.44. The first kappa shape index (κ1) is 8.54. The molecular formula is C8H16O. The van der Waals surface area contributed by atoms with Gasteiger partial charge in [-0.15, -0.1) is 0 Å². The zero-order valence-corrected chi connectivity index (χ0v) is 6.77. The molecular weight excluding hydrogens is 112 g/mol. The molecule has 0 N–H and O–H groups in total. The summed E-state index contributed by atoms with van der Waals surface area (Å²) in [5.41, 5.74) is 0. The van der Waals surface area contributed by atoms with Gasteiger partial charge in [-0.1, -0.05) is 27.4 Å². The van der Waals surface area contributed by atoms with Gasteiger partial charge in [-0.05, 0) is 5.92 Å². The van der Waals surface area contributed by atoms with Crippen LogP contribution in [0.3, 0.4) is 0 Å². The van der Waals surface area contributed by atoms with Gasteiger partial charge in [-0.25, -0.2) is 0 Å². The summed E-state index contributed by atoms with van der Waals surface area (Å²) in [6.07, 6.45) is 0. The van der Waals surface area contributed by atoms with E-state index in [1.807, 2.05) is 0 Å². The van der Waals surface area contributed by atoms with E-state index in [2.05, 4.69) is 27.4 Å². The highest BCUT2D eigenvalue weighted by Crippen LogP contribution is 2.17. The molecule has 9 heavy (non-hydrogen) atoms. The lowest BCUT2D eigenvalue weighted by atomic mass is 9.97. The fourth-order valence-corrected chi connectivity index (χ4v) is 0.558. The van der Waals surface area contributed by atoms with Gasteiger partial charge < -0.3 is 4.74 Å². The normalized spacial score (nSPS) is 13.4. The third kappa shape index (κ3) is 2.54. The minimum atomic E-state index is 0.468. The molecule has 0 amide bonds. The molecule has 0 spiro atoms. The van der Waals surface area contributed by atoms with Crippen molar-refractivity contribution in [3.8, 4) is 0 Å². The molecule has 0 rings (SSSR count). The first-order valence-electron chi connectivity index (χ1n) is 3.32. The summed E-state index contributed by atoms with van der Waals surface area (Å²) < 4.78 is 4.98. The summed E-state index contributed by atoms with van der Waals surface area (Å²) in [6, 6.07) is 0. The predicted molar refractivity (Wildman–Crippen MR) is 40.2 cm³/mol. The van der Waals surface area contributed by atoms with Gasteiger partial charge in [0.1, 0.15) is 0 Å². The number of allylic oxidation sites excluding steroid dienone is 1. The standard InChI is InChI=1S/C8H16O/c1-6(2)7(3)8(4)9-5/h6-7H,4H2,1-3,5H3. The fraction of sp³-hybridized carbons (Fsp3) is 0.750. The highest BCUT2D eigenvalue weighted by molar-refractivity contribution is 4.89. The van der Waals surface area contributed by atoms with Crippen LogP contribution in [-0.2, 0) is 4.74 Å². The van der Waals surface area contributed by atoms with Crippen LogP contribution >= 0.6 is 0 Å². The van der Waals surface area contributed by atoms with Gasteiger partial charge in [0.05, 0.1) is 12.9 Å². The Morgan fingerprint density at radius 1 is 1.33 bits per heavy atom. The highest BCUT2D eigenvalue weighted by Gasteiger charge is 2.09. The minimum Gasteiger partial charge on any atom is -0.501 e. The molecule has 1 unspecified atom stereocenters. The fourth-order valence-electron chi connectivity index (χ4n) is 0.558. The van der Waals surface area contributed by atoms with Crippen LogP contribution in [0, 0.1) is 11.8 Å². The molecule has 0 aromatic carbocycles. The Balaban J connectivity index is 3.72. The van der Waals surface area contributed by atoms with E-state index >= 15 is 0 Å². The van der Waals surface area contributed by atoms with Crippen molar-refractivity contribution in [2.45, 2.75) is 20.8 Å². The van der Waals surface area contributed by atoms with Gasteiger partial charge in [-0.3, -0.25) is 0 Å². The van der Waals surface area contributed by atoms with Crippen molar-refractivity contribution in [1.82, 2.24) is 0 Å². The van der Waals surface area contributed by atoms with Crippen molar-refractivity contribution in [3.63, 3.8) is 0 Å². The summed E-state index contributed by atoms with van der Waals surface area (Å²) >= 11 is 0. The van der Waals surface area contributed by atoms with Gasteiger partial charge in [0.25, 0.3) is 0 Å². The van der Waals surface area contributed by atoms with Crippen molar-refractivity contribution in [1.29, 1.82) is 0 Å². The van der Waals surface area contributed by atoms with Crippen LogP contribution in [0.15, 0.2) is 12.3 Å². The maximum atomic E-state index is 4.98. The van der Waals surface area contributed by atoms with E-state index in [1.54, 1.807) is 7.11 Å². The largest absolute Gasteiger partial charge is 0.501 e. The van der Waals surface area contributed by atoms with Crippen LogP contribution in [-0.4, -0.2) is 7.11 Å². The number of hydrogen-bond acceptors (Lipinski definition) is 1. The molecule has 0 aliphatic rings. The van der Waals surface area contributed by atoms with Gasteiger partial charge in [0.2, 0.25) is 0 Å². The molecule has 0 aliphatic heterocycles. The number of ether oxygens (including phenoxy) is 1. The Labute approximate surface area is 57.7 Å². The van der Waals surface area contributed by atoms with Crippen molar-refractivity contribution >= 4 is 0 Å². The predicted octanol–water partition coefficient (Wildman–Crippen LogP) is 2.44. The van der Waals surface area contributed by atoms with E-state index in [0.717, 1.165) is 5.76 Å². The zero-order valence-electron chi connectivity index (χ0n) is 6.77. The molecule has 1 nitrogen and oxygen atoms in total. The molecule has 1 atom stereocenters. The Bertz CT molecular complexity index is 94.7. The summed E-state index contributed by atoms with van der Waals surface area (Å²) in [5.74, 6) is 1.97. The third-order valence-electron chi connectivity index (χ3n) is 1.77. The van der Waals surface area contributed by atoms with E-state index in [9.17, 15) is 0 Å². The molecule has 0 bridgehead atoms. The second-order valence-corrected chi connectivity index (χ2v) is 2.70. The van der Waals surface area contributed by atoms with Crippen molar-refractivity contribution in [2.75, 3.05) is 7.11 Å². The van der Waals surface area contributed by atoms with Crippen LogP contribution in [0.5, 0.6) is 0 Å². The molecule has 0 aliphatic carbocycles. The molecule has 0 heterocycles. The van der Waals surface area contributed by atoms with E-state index in [1.165, 1.54) is 0 Å². The second-order valence-electron chi connectivity index (χ2n) is 2.70. The van der Waals surface area contributed by atoms with Crippen molar-refractivity contribution in [2.24, 2.45) is 11.8 Å². The Morgan fingerprint density at radius 2 is 1.78 bits per heavy atom. The van der Waals surface area contributed by atoms with E-state index in [-0.39, 0.29) is 0 Å². The second kappa shape index (κ2) is 3.54. The van der Waals surface area contributed by atoms with Gasteiger partial charge >= 0.3 is 0 Å². The molecule has 0 aromatic heterocycles. The first-order valence-corrected chi connectivity index (χ1v) is 3.32. The average molecular weight is 128 g/mol. The molecule has 1 heteroatoms. The summed E-state index contributed by atoms with van der Waals surface area (Å²) in [7, 11) is 1.67. The molecule has 0 radical (unpaired) electrons. The van der Waals surface area contributed by atoms with Crippen LogP contribution in [0.2, 0.25) is 0 Å². The monoisotopic (exact) mass is 128 g/mol. The maximum Gasteiger partial charge on any atom is 0.0914 e. The van der Waals surface area contributed by atoms with Crippen LogP contribution < -0.4 is 0 Å². The van der Waals surface area contributed by atoms with Crippen LogP contribution in [0.1, 0.15) is 20.8 Å². The van der Waals surface area contributed by atoms with Crippen molar-refractivity contribution < 1.29 is 4.74 Å². The first-order chi connectivity index (χ1) is 4.09. The number of methoxy groups -OCH3 is 1. The lowest BCUT2D eigenvalue weighted by Gasteiger charge is -2.16. The Morgan fingerprint density at radius 3 is 1.89 bits per heavy atom. The molecule has 0 saturated heterocycles. The lowest BCUT2D eigenvalue weighted by molar-refractivity contribution is 0.226. The van der Waals surface area contributed by atoms with E-state index < -0.39 is 0 Å². The van der Waals surface area contributed by atoms with E-state index in [4.69, 9.17) is 4.74 Å². The molecule has 0 fully saturated rings. The summed E-state index contributed by atoms with van der Waals surface area (Å²) in [5, 5.41) is 0. The highest BCUT2D eigenvalue weighted by atomic mass is 16.5. The third-order valence-corrected chi connectivity index (χ3v) is 1.77. The van der Waals surface area contributed by atoms with Gasteiger partial charge in [0, 0.05) is 5.92 Å². The quantitative estimate of drug-likeness (QED) is 0.530. The maximum absolute atomic E-state index is 4.98. The average Bonchev–Trinajstić information content (AvgIpc) is 1.84. The van der Waals surface area contributed by atoms with Gasteiger partial charge in [-0.2, -0.15) is 0 Å².